The van der Waals surface area contributed by atoms with Crippen LogP contribution in [0.2, 0.25) is 0 Å². The number of imide groups is 1. The number of nitrogens with zero attached hydrogens (tertiary/aromatic N) is 2. The van der Waals surface area contributed by atoms with Gasteiger partial charge in [0.2, 0.25) is 0 Å². The summed E-state index contributed by atoms with van der Waals surface area (Å²) in [5.41, 5.74) is 4.13. The minimum atomic E-state index is -0.405. The van der Waals surface area contributed by atoms with E-state index in [0.29, 0.717) is 34.8 Å². The summed E-state index contributed by atoms with van der Waals surface area (Å²) < 4.78 is 10.9. The maximum absolute atomic E-state index is 13.1. The highest BCUT2D eigenvalue weighted by atomic mass is 16.5. The van der Waals surface area contributed by atoms with Crippen LogP contribution in [0.5, 0.6) is 11.5 Å². The lowest BCUT2D eigenvalue weighted by Crippen LogP contribution is -2.36. The number of hydrogen-bond acceptors (Lipinski definition) is 5. The number of amides is 2. The highest BCUT2D eigenvalue weighted by Gasteiger charge is 2.35. The topological polar surface area (TPSA) is 68.2 Å². The molecule has 6 heteroatoms. The third kappa shape index (κ3) is 2.68. The molecule has 2 amide bonds. The average molecular weight is 400 g/mol. The van der Waals surface area contributed by atoms with Gasteiger partial charge in [-0.25, -0.2) is 0 Å². The predicted octanol–water partition coefficient (Wildman–Crippen LogP) is 3.98. The maximum atomic E-state index is 13.1. The SMILES string of the molecule is CCOc1ccc(/C=N\N2C(=O)c3ccc4c5c(ccc(c35)C2=O)CC4)cc1OC. The molecule has 0 spiro atoms. The van der Waals surface area contributed by atoms with E-state index < -0.39 is 11.8 Å². The minimum Gasteiger partial charge on any atom is -0.493 e. The van der Waals surface area contributed by atoms with Gasteiger partial charge in [0.25, 0.3) is 11.8 Å². The first-order valence-electron chi connectivity index (χ1n) is 9.93. The Balaban J connectivity index is 1.52. The summed E-state index contributed by atoms with van der Waals surface area (Å²) in [7, 11) is 1.56. The largest absolute Gasteiger partial charge is 0.493 e. The van der Waals surface area contributed by atoms with Gasteiger partial charge < -0.3 is 9.47 Å². The summed E-state index contributed by atoms with van der Waals surface area (Å²) >= 11 is 0. The molecule has 0 aromatic heterocycles. The van der Waals surface area contributed by atoms with Gasteiger partial charge in [0.05, 0.1) is 31.1 Å². The van der Waals surface area contributed by atoms with Crippen LogP contribution in [0.25, 0.3) is 10.8 Å². The molecule has 1 aliphatic carbocycles. The van der Waals surface area contributed by atoms with Crippen LogP contribution in [0.1, 0.15) is 44.3 Å². The molecule has 6 nitrogen and oxygen atoms in total. The van der Waals surface area contributed by atoms with E-state index in [0.717, 1.165) is 28.6 Å². The van der Waals surface area contributed by atoms with Crippen molar-refractivity contribution in [2.75, 3.05) is 13.7 Å². The van der Waals surface area contributed by atoms with Gasteiger partial charge in [-0.15, -0.1) is 0 Å². The molecule has 5 rings (SSSR count). The lowest BCUT2D eigenvalue weighted by molar-refractivity contribution is 0.0616. The Morgan fingerprint density at radius 3 is 2.20 bits per heavy atom. The van der Waals surface area contributed by atoms with Crippen LogP contribution in [0.4, 0.5) is 0 Å². The number of ether oxygens (including phenoxy) is 2. The summed E-state index contributed by atoms with van der Waals surface area (Å²) in [5.74, 6) is 0.375. The molecule has 0 unspecified atom stereocenters. The summed E-state index contributed by atoms with van der Waals surface area (Å²) in [5, 5.41) is 7.00. The third-order valence-corrected chi connectivity index (χ3v) is 5.65. The molecule has 1 aliphatic heterocycles. The predicted molar refractivity (Wildman–Crippen MR) is 114 cm³/mol. The molecule has 0 N–H and O–H groups in total. The smallest absolute Gasteiger partial charge is 0.282 e. The molecular weight excluding hydrogens is 380 g/mol. The highest BCUT2D eigenvalue weighted by molar-refractivity contribution is 6.26. The Morgan fingerprint density at radius 2 is 1.60 bits per heavy atom. The van der Waals surface area contributed by atoms with E-state index >= 15 is 0 Å². The van der Waals surface area contributed by atoms with Crippen LogP contribution >= 0.6 is 0 Å². The molecule has 30 heavy (non-hydrogen) atoms. The van der Waals surface area contributed by atoms with E-state index in [9.17, 15) is 9.59 Å². The Kier molecular flexibility index (Phi) is 4.28. The van der Waals surface area contributed by atoms with Crippen molar-refractivity contribution in [3.05, 3.63) is 70.3 Å². The van der Waals surface area contributed by atoms with Crippen LogP contribution in [0.3, 0.4) is 0 Å². The number of benzene rings is 3. The number of hydrazone groups is 1. The molecule has 0 atom stereocenters. The van der Waals surface area contributed by atoms with Gasteiger partial charge in [-0.05, 0) is 72.2 Å². The Labute approximate surface area is 173 Å². The van der Waals surface area contributed by atoms with Crippen molar-refractivity contribution >= 4 is 28.8 Å². The second-order valence-electron chi connectivity index (χ2n) is 7.30. The average Bonchev–Trinajstić information content (AvgIpc) is 3.19. The molecule has 0 bridgehead atoms. The van der Waals surface area contributed by atoms with Gasteiger partial charge in [0.15, 0.2) is 11.5 Å². The zero-order valence-electron chi connectivity index (χ0n) is 16.8. The van der Waals surface area contributed by atoms with E-state index in [1.165, 1.54) is 17.3 Å². The monoisotopic (exact) mass is 400 g/mol. The molecule has 0 saturated carbocycles. The molecular formula is C24H20N2O4. The molecule has 0 radical (unpaired) electrons. The van der Waals surface area contributed by atoms with Crippen molar-refractivity contribution < 1.29 is 19.1 Å². The van der Waals surface area contributed by atoms with Gasteiger partial charge in [-0.3, -0.25) is 9.59 Å². The first-order chi connectivity index (χ1) is 14.6. The fourth-order valence-electron chi connectivity index (χ4n) is 4.27. The number of hydrogen-bond donors (Lipinski definition) is 0. The van der Waals surface area contributed by atoms with Gasteiger partial charge in [-0.1, -0.05) is 12.1 Å². The Bertz CT molecular complexity index is 1190. The summed E-state index contributed by atoms with van der Waals surface area (Å²) in [6.07, 6.45) is 3.37. The van der Waals surface area contributed by atoms with Crippen LogP contribution < -0.4 is 9.47 Å². The summed E-state index contributed by atoms with van der Waals surface area (Å²) in [6.45, 7) is 2.42. The fourth-order valence-corrected chi connectivity index (χ4v) is 4.27. The lowest BCUT2D eigenvalue weighted by Gasteiger charge is -2.23. The number of carbonyl (C=O) groups excluding carboxylic acids is 2. The summed E-state index contributed by atoms with van der Waals surface area (Å²) in [6, 6.07) is 12.9. The van der Waals surface area contributed by atoms with Crippen LogP contribution in [-0.4, -0.2) is 36.8 Å². The normalized spacial score (nSPS) is 14.8. The quantitative estimate of drug-likeness (QED) is 0.480. The van der Waals surface area contributed by atoms with Gasteiger partial charge >= 0.3 is 0 Å². The van der Waals surface area contributed by atoms with Crippen LogP contribution in [0, 0.1) is 0 Å². The first-order valence-corrected chi connectivity index (χ1v) is 9.93. The van der Waals surface area contributed by atoms with Gasteiger partial charge in [0, 0.05) is 5.39 Å². The Hall–Kier alpha value is -3.67. The molecule has 0 fully saturated rings. The molecule has 3 aromatic carbocycles. The zero-order chi connectivity index (χ0) is 20.8. The number of methoxy groups -OCH3 is 1. The van der Waals surface area contributed by atoms with Crippen molar-refractivity contribution in [3.63, 3.8) is 0 Å². The number of rotatable bonds is 5. The standard InChI is InChI=1S/C24H20N2O4/c1-3-30-19-11-4-14(12-20(19)29-2)13-25-26-23(27)17-9-7-15-5-6-16-8-10-18(24(26)28)22(17)21(15)16/h4,7-13H,3,5-6H2,1-2H3/b25-13-. The second-order valence-corrected chi connectivity index (χ2v) is 7.30. The van der Waals surface area contributed by atoms with Crippen LogP contribution in [0.15, 0.2) is 47.6 Å². The highest BCUT2D eigenvalue weighted by Crippen LogP contribution is 2.38. The zero-order valence-corrected chi connectivity index (χ0v) is 16.8. The van der Waals surface area contributed by atoms with Crippen molar-refractivity contribution in [1.29, 1.82) is 0 Å². The molecule has 1 heterocycles. The number of aryl methyl sites for hydroxylation is 2. The van der Waals surface area contributed by atoms with E-state index in [4.69, 9.17) is 9.47 Å². The van der Waals surface area contributed by atoms with Crippen molar-refractivity contribution in [2.45, 2.75) is 19.8 Å². The minimum absolute atomic E-state index is 0.405. The van der Waals surface area contributed by atoms with E-state index in [-0.39, 0.29) is 0 Å². The Morgan fingerprint density at radius 1 is 0.933 bits per heavy atom. The third-order valence-electron chi connectivity index (χ3n) is 5.65. The van der Waals surface area contributed by atoms with Gasteiger partial charge in [0.1, 0.15) is 0 Å². The fraction of sp³-hybridized carbons (Fsp3) is 0.208. The van der Waals surface area contributed by atoms with E-state index in [1.807, 2.05) is 31.2 Å². The van der Waals surface area contributed by atoms with Crippen molar-refractivity contribution in [1.82, 2.24) is 5.01 Å². The molecule has 2 aliphatic rings. The lowest BCUT2D eigenvalue weighted by atomic mass is 9.92. The van der Waals surface area contributed by atoms with E-state index in [2.05, 4.69) is 5.10 Å². The van der Waals surface area contributed by atoms with E-state index in [1.54, 1.807) is 25.3 Å². The van der Waals surface area contributed by atoms with Crippen LogP contribution in [-0.2, 0) is 12.8 Å². The second kappa shape index (κ2) is 6.99. The molecule has 0 saturated heterocycles. The molecule has 150 valence electrons. The maximum Gasteiger partial charge on any atom is 0.282 e. The van der Waals surface area contributed by atoms with Crippen molar-refractivity contribution in [2.24, 2.45) is 5.10 Å². The number of carbonyl (C=O) groups is 2. The van der Waals surface area contributed by atoms with Crippen molar-refractivity contribution in [3.8, 4) is 11.5 Å². The summed E-state index contributed by atoms with van der Waals surface area (Å²) in [4.78, 5) is 26.2. The first kappa shape index (κ1) is 18.4. The molecule has 3 aromatic rings. The van der Waals surface area contributed by atoms with Gasteiger partial charge in [-0.2, -0.15) is 10.1 Å².